The van der Waals surface area contributed by atoms with Gasteiger partial charge >= 0.3 is 12.4 Å². The van der Waals surface area contributed by atoms with Gasteiger partial charge in [-0.15, -0.1) is 22.7 Å². The molecule has 2 heterocycles. The summed E-state index contributed by atoms with van der Waals surface area (Å²) in [4.78, 5) is 20.8. The summed E-state index contributed by atoms with van der Waals surface area (Å²) in [6, 6.07) is 1.43. The minimum Gasteiger partial charge on any atom is -0.297 e. The Balaban J connectivity index is 1.82. The predicted molar refractivity (Wildman–Crippen MR) is 96.2 cm³/mol. The lowest BCUT2D eigenvalue weighted by Crippen LogP contribution is -2.11. The lowest BCUT2D eigenvalue weighted by Gasteiger charge is -2.13. The minimum absolute atomic E-state index is 0.0826. The number of hydrogen-bond acceptors (Lipinski definition) is 5. The van der Waals surface area contributed by atoms with Crippen molar-refractivity contribution in [3.8, 4) is 0 Å². The first-order chi connectivity index (χ1) is 13.4. The average molecular weight is 451 g/mol. The van der Waals surface area contributed by atoms with Crippen LogP contribution in [0.3, 0.4) is 0 Å². The highest BCUT2D eigenvalue weighted by Crippen LogP contribution is 2.37. The van der Waals surface area contributed by atoms with Crippen molar-refractivity contribution in [2.75, 3.05) is 5.32 Å². The van der Waals surface area contributed by atoms with Crippen LogP contribution in [-0.2, 0) is 18.8 Å². The van der Waals surface area contributed by atoms with Crippen molar-refractivity contribution in [1.82, 2.24) is 9.97 Å². The van der Waals surface area contributed by atoms with E-state index in [2.05, 4.69) is 15.3 Å². The maximum absolute atomic E-state index is 13.0. The van der Waals surface area contributed by atoms with Gasteiger partial charge in [-0.25, -0.2) is 9.97 Å². The molecule has 0 unspecified atom stereocenters. The van der Waals surface area contributed by atoms with E-state index in [4.69, 9.17) is 0 Å². The Morgan fingerprint density at radius 3 is 2.17 bits per heavy atom. The second-order valence-corrected chi connectivity index (χ2v) is 7.91. The second-order valence-electron chi connectivity index (χ2n) is 5.94. The molecule has 0 bridgehead atoms. The van der Waals surface area contributed by atoms with E-state index in [1.807, 2.05) is 0 Å². The number of rotatable bonds is 4. The number of hydrogen-bond donors (Lipinski definition) is 1. The summed E-state index contributed by atoms with van der Waals surface area (Å²) in [6.07, 6.45) is -8.71. The molecule has 0 aliphatic carbocycles. The van der Waals surface area contributed by atoms with Crippen molar-refractivity contribution in [2.24, 2.45) is 0 Å². The Kier molecular flexibility index (Phi) is 5.68. The lowest BCUT2D eigenvalue weighted by molar-refractivity contribution is -0.143. The van der Waals surface area contributed by atoms with E-state index in [0.29, 0.717) is 27.6 Å². The molecule has 4 nitrogen and oxygen atoms in total. The molecular formula is C17H11F6N3OS2. The van der Waals surface area contributed by atoms with E-state index in [-0.39, 0.29) is 23.2 Å². The summed E-state index contributed by atoms with van der Waals surface area (Å²) in [5, 5.41) is 2.72. The molecule has 0 aliphatic rings. The smallest absolute Gasteiger partial charge is 0.297 e. The van der Waals surface area contributed by atoms with E-state index >= 15 is 0 Å². The molecule has 3 aromatic rings. The second kappa shape index (κ2) is 7.75. The molecule has 1 N–H and O–H groups in total. The maximum atomic E-state index is 13.0. The molecule has 0 saturated heterocycles. The maximum Gasteiger partial charge on any atom is 0.416 e. The van der Waals surface area contributed by atoms with Crippen LogP contribution in [0.4, 0.5) is 31.5 Å². The van der Waals surface area contributed by atoms with Gasteiger partial charge in [0.05, 0.1) is 22.3 Å². The van der Waals surface area contributed by atoms with Crippen molar-refractivity contribution in [3.63, 3.8) is 0 Å². The topological polar surface area (TPSA) is 54.9 Å². The molecule has 12 heteroatoms. The molecule has 154 valence electrons. The number of benzene rings is 1. The number of thiazole rings is 2. The van der Waals surface area contributed by atoms with Crippen LogP contribution in [0.1, 0.15) is 36.9 Å². The summed E-state index contributed by atoms with van der Waals surface area (Å²) in [6.45, 7) is 1.66. The zero-order valence-corrected chi connectivity index (χ0v) is 16.1. The number of nitrogens with zero attached hydrogens (tertiary/aromatic N) is 2. The summed E-state index contributed by atoms with van der Waals surface area (Å²) in [5.41, 5.74) is -0.870. The number of carbonyl (C=O) groups is 1. The van der Waals surface area contributed by atoms with Gasteiger partial charge in [-0.2, -0.15) is 26.3 Å². The quantitative estimate of drug-likeness (QED) is 0.511. The van der Waals surface area contributed by atoms with Crippen LogP contribution in [0, 0.1) is 6.92 Å². The Hall–Kier alpha value is -2.47. The van der Waals surface area contributed by atoms with Gasteiger partial charge < -0.3 is 0 Å². The van der Waals surface area contributed by atoms with Crippen LogP contribution in [-0.4, -0.2) is 15.9 Å². The molecule has 0 fully saturated rings. The highest BCUT2D eigenvalue weighted by atomic mass is 32.1. The van der Waals surface area contributed by atoms with Crippen molar-refractivity contribution in [2.45, 2.75) is 25.7 Å². The monoisotopic (exact) mass is 451 g/mol. The number of amides is 1. The Morgan fingerprint density at radius 2 is 1.66 bits per heavy atom. The number of alkyl halides is 6. The van der Waals surface area contributed by atoms with E-state index < -0.39 is 29.4 Å². The fourth-order valence-corrected chi connectivity index (χ4v) is 3.98. The first-order valence-corrected chi connectivity index (χ1v) is 9.57. The molecule has 29 heavy (non-hydrogen) atoms. The summed E-state index contributed by atoms with van der Waals surface area (Å²) < 4.78 is 77.8. The molecule has 3 rings (SSSR count). The van der Waals surface area contributed by atoms with Gasteiger partial charge in [0.1, 0.15) is 4.88 Å². The zero-order chi connectivity index (χ0) is 21.4. The third-order valence-electron chi connectivity index (χ3n) is 3.75. The molecule has 2 aromatic heterocycles. The van der Waals surface area contributed by atoms with Crippen LogP contribution in [0.5, 0.6) is 0 Å². The molecule has 1 aromatic carbocycles. The van der Waals surface area contributed by atoms with Gasteiger partial charge in [-0.1, -0.05) is 0 Å². The molecular weight excluding hydrogens is 440 g/mol. The first kappa shape index (κ1) is 21.2. The lowest BCUT2D eigenvalue weighted by atomic mass is 10.0. The SMILES string of the molecule is Cc1ncsc1C(=O)Nc1ncc(Cc2cc(C(F)(F)F)cc(C(F)(F)F)c2)s1. The predicted octanol–water partition coefficient (Wildman–Crippen LogP) is 5.79. The van der Waals surface area contributed by atoms with Gasteiger partial charge in [-0.3, -0.25) is 10.1 Å². The average Bonchev–Trinajstić information content (AvgIpc) is 3.22. The third-order valence-corrected chi connectivity index (χ3v) is 5.59. The molecule has 1 amide bonds. The first-order valence-electron chi connectivity index (χ1n) is 7.88. The number of halogens is 6. The highest BCUT2D eigenvalue weighted by Gasteiger charge is 2.36. The largest absolute Gasteiger partial charge is 0.416 e. The Bertz CT molecular complexity index is 1010. The Morgan fingerprint density at radius 1 is 1.03 bits per heavy atom. The summed E-state index contributed by atoms with van der Waals surface area (Å²) in [7, 11) is 0. The van der Waals surface area contributed by atoms with Crippen LogP contribution in [0.25, 0.3) is 0 Å². The van der Waals surface area contributed by atoms with Crippen LogP contribution >= 0.6 is 22.7 Å². The van der Waals surface area contributed by atoms with Crippen molar-refractivity contribution >= 4 is 33.7 Å². The molecule has 0 radical (unpaired) electrons. The fourth-order valence-electron chi connectivity index (χ4n) is 2.44. The van der Waals surface area contributed by atoms with E-state index in [1.165, 1.54) is 11.7 Å². The standard InChI is InChI=1S/C17H11F6N3OS2/c1-8-13(28-7-25-8)14(27)26-15-24-6-12(29-15)4-9-2-10(16(18,19)20)5-11(3-9)17(21,22)23/h2-3,5-7H,4H2,1H3,(H,24,26,27). The van der Waals surface area contributed by atoms with E-state index in [9.17, 15) is 31.1 Å². The van der Waals surface area contributed by atoms with Crippen LogP contribution in [0.2, 0.25) is 0 Å². The molecule has 0 atom stereocenters. The number of anilines is 1. The fraction of sp³-hybridized carbons (Fsp3) is 0.235. The van der Waals surface area contributed by atoms with E-state index in [0.717, 1.165) is 22.7 Å². The summed E-state index contributed by atoms with van der Waals surface area (Å²) >= 11 is 2.10. The summed E-state index contributed by atoms with van der Waals surface area (Å²) in [5.74, 6) is -0.440. The van der Waals surface area contributed by atoms with Gasteiger partial charge in [-0.05, 0) is 30.7 Å². The molecule has 0 aliphatic heterocycles. The van der Waals surface area contributed by atoms with Crippen molar-refractivity contribution in [1.29, 1.82) is 0 Å². The number of nitrogens with one attached hydrogen (secondary N) is 1. The van der Waals surface area contributed by atoms with Gasteiger partial charge in [0.25, 0.3) is 5.91 Å². The number of aryl methyl sites for hydroxylation is 1. The number of aromatic nitrogens is 2. The molecule has 0 spiro atoms. The number of carbonyl (C=O) groups excluding carboxylic acids is 1. The van der Waals surface area contributed by atoms with Gasteiger partial charge in [0, 0.05) is 17.5 Å². The Labute approximate surface area is 168 Å². The van der Waals surface area contributed by atoms with Crippen LogP contribution in [0.15, 0.2) is 29.9 Å². The van der Waals surface area contributed by atoms with Gasteiger partial charge in [0.15, 0.2) is 5.13 Å². The normalized spacial score (nSPS) is 12.2. The van der Waals surface area contributed by atoms with Crippen LogP contribution < -0.4 is 5.32 Å². The van der Waals surface area contributed by atoms with Crippen molar-refractivity contribution < 1.29 is 31.1 Å². The third kappa shape index (κ3) is 5.12. The highest BCUT2D eigenvalue weighted by molar-refractivity contribution is 7.16. The minimum atomic E-state index is -4.91. The molecule has 0 saturated carbocycles. The zero-order valence-electron chi connectivity index (χ0n) is 14.5. The van der Waals surface area contributed by atoms with E-state index in [1.54, 1.807) is 6.92 Å². The van der Waals surface area contributed by atoms with Crippen molar-refractivity contribution in [3.05, 3.63) is 62.0 Å². The van der Waals surface area contributed by atoms with Gasteiger partial charge in [0.2, 0.25) is 0 Å².